The third-order valence-corrected chi connectivity index (χ3v) is 6.37. The summed E-state index contributed by atoms with van der Waals surface area (Å²) in [5, 5.41) is 12.1. The normalized spacial score (nSPS) is 18.1. The summed E-state index contributed by atoms with van der Waals surface area (Å²) in [6.45, 7) is 4.25. The second-order valence-corrected chi connectivity index (χ2v) is 8.82. The molecule has 1 aliphatic heterocycles. The summed E-state index contributed by atoms with van der Waals surface area (Å²) < 4.78 is 0. The topological polar surface area (TPSA) is 158 Å². The standard InChI is InChI=1S/C24H34N6O4/c1-3-14(2)21(30-23(33)18-9-6-10-26-18)24(34)28-13-20(31)29-19(22(25)32)11-15-12-27-17-8-5-4-7-16(15)17/h4-5,7-8,12,14,18-19,21,26-27H,3,6,9-11,13H2,1-2H3,(H2,25,32)(H,28,34)(H,29,31)(H,30,33). The Hall–Kier alpha value is -3.40. The zero-order valence-electron chi connectivity index (χ0n) is 19.6. The number of amides is 4. The van der Waals surface area contributed by atoms with Gasteiger partial charge in [-0.05, 0) is 36.9 Å². The molecule has 2 aromatic rings. The summed E-state index contributed by atoms with van der Waals surface area (Å²) in [7, 11) is 0. The maximum absolute atomic E-state index is 12.8. The van der Waals surface area contributed by atoms with Gasteiger partial charge < -0.3 is 32.0 Å². The van der Waals surface area contributed by atoms with E-state index in [1.54, 1.807) is 6.20 Å². The fourth-order valence-corrected chi connectivity index (χ4v) is 4.13. The molecule has 1 aliphatic rings. The molecule has 4 unspecified atom stereocenters. The van der Waals surface area contributed by atoms with E-state index in [1.165, 1.54) is 0 Å². The molecule has 0 bridgehead atoms. The van der Waals surface area contributed by atoms with Gasteiger partial charge in [-0.15, -0.1) is 0 Å². The van der Waals surface area contributed by atoms with Crippen molar-refractivity contribution in [3.05, 3.63) is 36.0 Å². The largest absolute Gasteiger partial charge is 0.368 e. The predicted octanol–water partition coefficient (Wildman–Crippen LogP) is 0.0796. The van der Waals surface area contributed by atoms with E-state index in [9.17, 15) is 19.2 Å². The van der Waals surface area contributed by atoms with E-state index >= 15 is 0 Å². The van der Waals surface area contributed by atoms with Crippen molar-refractivity contribution in [2.45, 2.75) is 57.7 Å². The zero-order valence-corrected chi connectivity index (χ0v) is 19.6. The highest BCUT2D eigenvalue weighted by Crippen LogP contribution is 2.19. The SMILES string of the molecule is CCC(C)C(NC(=O)C1CCCN1)C(=O)NCC(=O)NC(Cc1c[nH]c2ccccc12)C(N)=O. The lowest BCUT2D eigenvalue weighted by molar-refractivity contribution is -0.132. The van der Waals surface area contributed by atoms with E-state index in [-0.39, 0.29) is 30.8 Å². The van der Waals surface area contributed by atoms with Crippen LogP contribution >= 0.6 is 0 Å². The number of rotatable bonds is 11. The van der Waals surface area contributed by atoms with Crippen LogP contribution in [0.3, 0.4) is 0 Å². The van der Waals surface area contributed by atoms with E-state index in [1.807, 2.05) is 38.1 Å². The van der Waals surface area contributed by atoms with Gasteiger partial charge in [-0.2, -0.15) is 0 Å². The van der Waals surface area contributed by atoms with E-state index in [0.29, 0.717) is 6.42 Å². The minimum absolute atomic E-state index is 0.117. The van der Waals surface area contributed by atoms with Crippen LogP contribution in [0.2, 0.25) is 0 Å². The minimum Gasteiger partial charge on any atom is -0.368 e. The summed E-state index contributed by atoms with van der Waals surface area (Å²) in [6.07, 6.45) is 4.33. The number of carbonyl (C=O) groups excluding carboxylic acids is 4. The van der Waals surface area contributed by atoms with Crippen LogP contribution in [0, 0.1) is 5.92 Å². The van der Waals surface area contributed by atoms with Crippen LogP contribution in [-0.4, -0.2) is 59.8 Å². The first-order valence-electron chi connectivity index (χ1n) is 11.7. The molecule has 2 heterocycles. The molecule has 1 aromatic heterocycles. The van der Waals surface area contributed by atoms with Crippen molar-refractivity contribution in [1.82, 2.24) is 26.3 Å². The number of nitrogens with two attached hydrogens (primary N) is 1. The average molecular weight is 471 g/mol. The molecule has 10 nitrogen and oxygen atoms in total. The van der Waals surface area contributed by atoms with Gasteiger partial charge in [0.05, 0.1) is 12.6 Å². The fourth-order valence-electron chi connectivity index (χ4n) is 4.13. The summed E-state index contributed by atoms with van der Waals surface area (Å²) >= 11 is 0. The number of hydrogen-bond acceptors (Lipinski definition) is 5. The molecule has 1 aromatic carbocycles. The number of aromatic amines is 1. The molecule has 0 saturated carbocycles. The number of H-pyrrole nitrogens is 1. The Labute approximate surface area is 198 Å². The Morgan fingerprint density at radius 1 is 1.18 bits per heavy atom. The van der Waals surface area contributed by atoms with Crippen LogP contribution in [0.1, 0.15) is 38.7 Å². The van der Waals surface area contributed by atoms with Gasteiger partial charge in [0, 0.05) is 23.5 Å². The van der Waals surface area contributed by atoms with Crippen molar-refractivity contribution in [3.8, 4) is 0 Å². The average Bonchev–Trinajstić information content (AvgIpc) is 3.50. The Balaban J connectivity index is 1.56. The van der Waals surface area contributed by atoms with Crippen molar-refractivity contribution >= 4 is 34.5 Å². The van der Waals surface area contributed by atoms with Gasteiger partial charge in [-0.25, -0.2) is 0 Å². The van der Waals surface area contributed by atoms with Gasteiger partial charge in [0.25, 0.3) is 0 Å². The van der Waals surface area contributed by atoms with Gasteiger partial charge in [-0.3, -0.25) is 19.2 Å². The molecule has 0 aliphatic carbocycles. The van der Waals surface area contributed by atoms with Crippen LogP contribution in [-0.2, 0) is 25.6 Å². The smallest absolute Gasteiger partial charge is 0.243 e. The number of aromatic nitrogens is 1. The second kappa shape index (κ2) is 11.6. The Morgan fingerprint density at radius 3 is 2.62 bits per heavy atom. The molecule has 7 N–H and O–H groups in total. The molecule has 4 atom stereocenters. The van der Waals surface area contributed by atoms with Gasteiger partial charge >= 0.3 is 0 Å². The van der Waals surface area contributed by atoms with E-state index in [0.717, 1.165) is 35.9 Å². The molecule has 1 saturated heterocycles. The van der Waals surface area contributed by atoms with Crippen molar-refractivity contribution in [3.63, 3.8) is 0 Å². The summed E-state index contributed by atoms with van der Waals surface area (Å²) in [5.74, 6) is -1.98. The van der Waals surface area contributed by atoms with Crippen molar-refractivity contribution in [2.75, 3.05) is 13.1 Å². The molecule has 0 radical (unpaired) electrons. The highest BCUT2D eigenvalue weighted by atomic mass is 16.2. The van der Waals surface area contributed by atoms with Crippen molar-refractivity contribution in [2.24, 2.45) is 11.7 Å². The lowest BCUT2D eigenvalue weighted by Gasteiger charge is -2.25. The number of para-hydroxylation sites is 1. The quantitative estimate of drug-likeness (QED) is 0.274. The van der Waals surface area contributed by atoms with E-state index in [4.69, 9.17) is 5.73 Å². The molecule has 3 rings (SSSR count). The minimum atomic E-state index is -0.929. The molecular formula is C24H34N6O4. The fraction of sp³-hybridized carbons (Fsp3) is 0.500. The summed E-state index contributed by atoms with van der Waals surface area (Å²) in [5.41, 5.74) is 7.29. The van der Waals surface area contributed by atoms with Crippen molar-refractivity contribution < 1.29 is 19.2 Å². The molecule has 184 valence electrons. The van der Waals surface area contributed by atoms with E-state index < -0.39 is 29.8 Å². The number of primary amides is 1. The van der Waals surface area contributed by atoms with Crippen molar-refractivity contribution in [1.29, 1.82) is 0 Å². The van der Waals surface area contributed by atoms with Crippen LogP contribution in [0.5, 0.6) is 0 Å². The molecule has 0 spiro atoms. The summed E-state index contributed by atoms with van der Waals surface area (Å²) in [4.78, 5) is 52.9. The van der Waals surface area contributed by atoms with Crippen LogP contribution in [0.15, 0.2) is 30.5 Å². The molecule has 10 heteroatoms. The maximum Gasteiger partial charge on any atom is 0.243 e. The van der Waals surface area contributed by atoms with Gasteiger partial charge in [0.2, 0.25) is 23.6 Å². The molecule has 4 amide bonds. The number of fused-ring (bicyclic) bond motifs is 1. The molecular weight excluding hydrogens is 436 g/mol. The third kappa shape index (κ3) is 6.34. The maximum atomic E-state index is 12.8. The Bertz CT molecular complexity index is 1030. The van der Waals surface area contributed by atoms with Gasteiger partial charge in [-0.1, -0.05) is 38.5 Å². The first-order valence-corrected chi connectivity index (χ1v) is 11.7. The Morgan fingerprint density at radius 2 is 1.94 bits per heavy atom. The van der Waals surface area contributed by atoms with Gasteiger partial charge in [0.1, 0.15) is 12.1 Å². The van der Waals surface area contributed by atoms with Crippen LogP contribution in [0.25, 0.3) is 10.9 Å². The monoisotopic (exact) mass is 470 g/mol. The number of nitrogens with one attached hydrogen (secondary N) is 5. The molecule has 34 heavy (non-hydrogen) atoms. The highest BCUT2D eigenvalue weighted by Gasteiger charge is 2.30. The lowest BCUT2D eigenvalue weighted by Crippen LogP contribution is -2.55. The summed E-state index contributed by atoms with van der Waals surface area (Å²) in [6, 6.07) is 5.64. The van der Waals surface area contributed by atoms with Crippen LogP contribution in [0.4, 0.5) is 0 Å². The third-order valence-electron chi connectivity index (χ3n) is 6.37. The number of benzene rings is 1. The first kappa shape index (κ1) is 25.2. The predicted molar refractivity (Wildman–Crippen MR) is 129 cm³/mol. The first-order chi connectivity index (χ1) is 16.3. The van der Waals surface area contributed by atoms with Gasteiger partial charge in [0.15, 0.2) is 0 Å². The second-order valence-electron chi connectivity index (χ2n) is 8.82. The Kier molecular flexibility index (Phi) is 8.64. The number of carbonyl (C=O) groups is 4. The lowest BCUT2D eigenvalue weighted by atomic mass is 9.97. The van der Waals surface area contributed by atoms with E-state index in [2.05, 4.69) is 26.3 Å². The zero-order chi connectivity index (χ0) is 24.7. The van der Waals surface area contributed by atoms with Crippen LogP contribution < -0.4 is 27.0 Å². The highest BCUT2D eigenvalue weighted by molar-refractivity contribution is 5.93. The molecule has 1 fully saturated rings. The number of hydrogen-bond donors (Lipinski definition) is 6.